The molecule has 180 valence electrons. The second kappa shape index (κ2) is 8.00. The summed E-state index contributed by atoms with van der Waals surface area (Å²) in [6, 6.07) is 10.4. The summed E-state index contributed by atoms with van der Waals surface area (Å²) in [6.07, 6.45) is 3.04. The van der Waals surface area contributed by atoms with Crippen molar-refractivity contribution >= 4 is 35.1 Å². The maximum absolute atomic E-state index is 13.2. The summed E-state index contributed by atoms with van der Waals surface area (Å²) >= 11 is 0. The number of rotatable bonds is 4. The number of halogens is 1. The molecule has 5 atom stereocenters. The number of anilines is 2. The minimum Gasteiger partial charge on any atom is -0.426 e. The predicted molar refractivity (Wildman–Crippen MR) is 124 cm³/mol. The molecule has 0 aromatic heterocycles. The van der Waals surface area contributed by atoms with E-state index in [-0.39, 0.29) is 42.5 Å². The predicted octanol–water partition coefficient (Wildman–Crippen LogP) is 3.63. The molecule has 2 aromatic rings. The molecule has 3 amide bonds. The number of nitrogens with zero attached hydrogens (tertiary/aromatic N) is 2. The van der Waals surface area contributed by atoms with Gasteiger partial charge in [-0.3, -0.25) is 19.2 Å². The lowest BCUT2D eigenvalue weighted by atomic mass is 9.81. The third-order valence-electron chi connectivity index (χ3n) is 8.15. The molecule has 4 fully saturated rings. The zero-order valence-corrected chi connectivity index (χ0v) is 19.3. The highest BCUT2D eigenvalue weighted by atomic mass is 19.1. The lowest BCUT2D eigenvalue weighted by Gasteiger charge is -2.20. The second-order valence-electron chi connectivity index (χ2n) is 10.1. The standard InChI is InChI=1S/C27H25FN2O5/c1-14-10-20(35-27(34)17-12-22(31)29(13-17)19-6-4-18(28)5-7-19)8-9-21(14)30-25(32)23-15-2-3-16(11-15)24(23)26(30)33/h4-10,15-17,23-24H,2-3,11-13H2,1H3/t15-,16-,17+,23-,24+/m0/s1. The Kier molecular flexibility index (Phi) is 5.02. The first kappa shape index (κ1) is 21.9. The van der Waals surface area contributed by atoms with Crippen molar-refractivity contribution in [3.8, 4) is 5.75 Å². The minimum atomic E-state index is -0.649. The van der Waals surface area contributed by atoms with Crippen molar-refractivity contribution in [3.63, 3.8) is 0 Å². The quantitative estimate of drug-likeness (QED) is 0.382. The van der Waals surface area contributed by atoms with Gasteiger partial charge in [-0.2, -0.15) is 0 Å². The van der Waals surface area contributed by atoms with E-state index < -0.39 is 17.7 Å². The average molecular weight is 477 g/mol. The van der Waals surface area contributed by atoms with E-state index in [0.717, 1.165) is 19.3 Å². The van der Waals surface area contributed by atoms with Crippen LogP contribution in [0.3, 0.4) is 0 Å². The molecular formula is C27H25FN2O5. The molecule has 2 aromatic carbocycles. The van der Waals surface area contributed by atoms with Crippen LogP contribution in [0.15, 0.2) is 42.5 Å². The number of hydrogen-bond acceptors (Lipinski definition) is 5. The van der Waals surface area contributed by atoms with Crippen LogP contribution in [0.5, 0.6) is 5.75 Å². The van der Waals surface area contributed by atoms with E-state index >= 15 is 0 Å². The number of carbonyl (C=O) groups is 4. The summed E-state index contributed by atoms with van der Waals surface area (Å²) in [5, 5.41) is 0. The van der Waals surface area contributed by atoms with Gasteiger partial charge in [0.05, 0.1) is 23.4 Å². The van der Waals surface area contributed by atoms with Gasteiger partial charge < -0.3 is 9.64 Å². The number of fused-ring (bicyclic) bond motifs is 5. The van der Waals surface area contributed by atoms with Crippen molar-refractivity contribution < 1.29 is 28.3 Å². The summed E-state index contributed by atoms with van der Waals surface area (Å²) in [6.45, 7) is 1.94. The number of imide groups is 1. The number of ether oxygens (including phenoxy) is 1. The first-order valence-corrected chi connectivity index (χ1v) is 12.1. The lowest BCUT2D eigenvalue weighted by Crippen LogP contribution is -2.33. The van der Waals surface area contributed by atoms with E-state index in [9.17, 15) is 23.6 Å². The van der Waals surface area contributed by atoms with Crippen LogP contribution in [0.1, 0.15) is 31.2 Å². The Morgan fingerprint density at radius 3 is 2.26 bits per heavy atom. The number of hydrogen-bond donors (Lipinski definition) is 0. The van der Waals surface area contributed by atoms with Crippen LogP contribution in [0.4, 0.5) is 15.8 Å². The summed E-state index contributed by atoms with van der Waals surface area (Å²) in [7, 11) is 0. The Labute approximate surface area is 201 Å². The highest BCUT2D eigenvalue weighted by molar-refractivity contribution is 6.23. The van der Waals surface area contributed by atoms with Crippen molar-refractivity contribution in [2.24, 2.45) is 29.6 Å². The maximum atomic E-state index is 13.2. The number of carbonyl (C=O) groups excluding carboxylic acids is 4. The number of benzene rings is 2. The molecule has 35 heavy (non-hydrogen) atoms. The summed E-state index contributed by atoms with van der Waals surface area (Å²) in [4.78, 5) is 54.3. The third-order valence-corrected chi connectivity index (χ3v) is 8.15. The first-order chi connectivity index (χ1) is 16.8. The molecule has 2 heterocycles. The largest absolute Gasteiger partial charge is 0.426 e. The smallest absolute Gasteiger partial charge is 0.316 e. The Hall–Kier alpha value is -3.55. The maximum Gasteiger partial charge on any atom is 0.316 e. The molecular weight excluding hydrogens is 451 g/mol. The van der Waals surface area contributed by atoms with Gasteiger partial charge in [-0.1, -0.05) is 0 Å². The van der Waals surface area contributed by atoms with E-state index in [4.69, 9.17) is 4.74 Å². The molecule has 2 aliphatic heterocycles. The summed E-state index contributed by atoms with van der Waals surface area (Å²) in [5.74, 6) is -1.48. The van der Waals surface area contributed by atoms with Gasteiger partial charge in [-0.15, -0.1) is 0 Å². The van der Waals surface area contributed by atoms with Crippen LogP contribution < -0.4 is 14.5 Å². The zero-order chi connectivity index (χ0) is 24.4. The lowest BCUT2D eigenvalue weighted by molar-refractivity contribution is -0.139. The van der Waals surface area contributed by atoms with Crippen LogP contribution in [0.25, 0.3) is 0 Å². The fraction of sp³-hybridized carbons (Fsp3) is 0.407. The molecule has 0 spiro atoms. The van der Waals surface area contributed by atoms with Crippen molar-refractivity contribution in [2.45, 2.75) is 32.6 Å². The summed E-state index contributed by atoms with van der Waals surface area (Å²) < 4.78 is 18.8. The highest BCUT2D eigenvalue weighted by Gasteiger charge is 2.61. The van der Waals surface area contributed by atoms with E-state index in [1.807, 2.05) is 0 Å². The van der Waals surface area contributed by atoms with Crippen LogP contribution in [-0.4, -0.2) is 30.2 Å². The van der Waals surface area contributed by atoms with Crippen LogP contribution in [-0.2, 0) is 19.2 Å². The molecule has 4 aliphatic rings. The van der Waals surface area contributed by atoms with Gasteiger partial charge in [0, 0.05) is 18.7 Å². The van der Waals surface area contributed by atoms with Gasteiger partial charge in [0.25, 0.3) is 0 Å². The minimum absolute atomic E-state index is 0.00909. The van der Waals surface area contributed by atoms with Crippen molar-refractivity contribution in [2.75, 3.05) is 16.3 Å². The monoisotopic (exact) mass is 476 g/mol. The molecule has 2 aliphatic carbocycles. The van der Waals surface area contributed by atoms with Gasteiger partial charge in [0.1, 0.15) is 11.6 Å². The van der Waals surface area contributed by atoms with Gasteiger partial charge in [0.15, 0.2) is 0 Å². The van der Waals surface area contributed by atoms with Gasteiger partial charge in [0.2, 0.25) is 17.7 Å². The molecule has 8 heteroatoms. The molecule has 0 radical (unpaired) electrons. The molecule has 2 bridgehead atoms. The van der Waals surface area contributed by atoms with Crippen LogP contribution in [0, 0.1) is 42.3 Å². The summed E-state index contributed by atoms with van der Waals surface area (Å²) in [5.41, 5.74) is 1.73. The van der Waals surface area contributed by atoms with Gasteiger partial charge in [-0.05, 0) is 86.1 Å². The third kappa shape index (κ3) is 3.46. The van der Waals surface area contributed by atoms with Crippen LogP contribution >= 0.6 is 0 Å². The van der Waals surface area contributed by atoms with Gasteiger partial charge in [-0.25, -0.2) is 9.29 Å². The zero-order valence-electron chi connectivity index (χ0n) is 19.3. The van der Waals surface area contributed by atoms with E-state index in [1.165, 1.54) is 34.1 Å². The van der Waals surface area contributed by atoms with E-state index in [2.05, 4.69) is 0 Å². The molecule has 2 saturated carbocycles. The van der Waals surface area contributed by atoms with Gasteiger partial charge >= 0.3 is 5.97 Å². The molecule has 2 saturated heterocycles. The van der Waals surface area contributed by atoms with Crippen LogP contribution in [0.2, 0.25) is 0 Å². The highest BCUT2D eigenvalue weighted by Crippen LogP contribution is 2.56. The Morgan fingerprint density at radius 1 is 0.971 bits per heavy atom. The molecule has 0 unspecified atom stereocenters. The Morgan fingerprint density at radius 2 is 1.63 bits per heavy atom. The number of esters is 1. The van der Waals surface area contributed by atoms with E-state index in [1.54, 1.807) is 25.1 Å². The van der Waals surface area contributed by atoms with E-state index in [0.29, 0.717) is 34.5 Å². The van der Waals surface area contributed by atoms with Crippen molar-refractivity contribution in [3.05, 3.63) is 53.8 Å². The number of aryl methyl sites for hydroxylation is 1. The topological polar surface area (TPSA) is 84.0 Å². The molecule has 6 rings (SSSR count). The Balaban J connectivity index is 1.15. The van der Waals surface area contributed by atoms with Crippen molar-refractivity contribution in [1.82, 2.24) is 0 Å². The SMILES string of the molecule is Cc1cc(OC(=O)[C@@H]2CC(=O)N(c3ccc(F)cc3)C2)ccc1N1C(=O)[C@@H]2[C@H]3CC[C@@H](C3)[C@@H]2C1=O. The fourth-order valence-electron chi connectivity index (χ4n) is 6.52. The second-order valence-corrected chi connectivity index (χ2v) is 10.1. The Bertz CT molecular complexity index is 1230. The van der Waals surface area contributed by atoms with Crippen molar-refractivity contribution in [1.29, 1.82) is 0 Å². The molecule has 0 N–H and O–H groups in total. The number of amides is 3. The first-order valence-electron chi connectivity index (χ1n) is 12.1. The average Bonchev–Trinajstić information content (AvgIpc) is 3.59. The fourth-order valence-corrected chi connectivity index (χ4v) is 6.52. The molecule has 7 nitrogen and oxygen atoms in total. The normalized spacial score (nSPS) is 29.3.